The van der Waals surface area contributed by atoms with Gasteiger partial charge in [0.1, 0.15) is 0 Å². The Morgan fingerprint density at radius 3 is 2.48 bits per heavy atom. The first kappa shape index (κ1) is 18.8. The smallest absolute Gasteiger partial charge is 0.339 e. The van der Waals surface area contributed by atoms with Crippen molar-refractivity contribution in [2.75, 3.05) is 25.3 Å². The van der Waals surface area contributed by atoms with Crippen molar-refractivity contribution in [3.8, 4) is 0 Å². The van der Waals surface area contributed by atoms with Gasteiger partial charge in [-0.15, -0.1) is 0 Å². The summed E-state index contributed by atoms with van der Waals surface area (Å²) in [6, 6.07) is 6.29. The second kappa shape index (κ2) is 7.16. The fourth-order valence-electron chi connectivity index (χ4n) is 2.00. The van der Waals surface area contributed by atoms with Gasteiger partial charge in [0.15, 0.2) is 5.69 Å². The minimum atomic E-state index is -3.72. The average Bonchev–Trinajstić information content (AvgIpc) is 2.59. The van der Waals surface area contributed by atoms with Gasteiger partial charge in [0.2, 0.25) is 15.0 Å². The van der Waals surface area contributed by atoms with E-state index in [4.69, 9.17) is 16.3 Å². The summed E-state index contributed by atoms with van der Waals surface area (Å²) in [5.41, 5.74) is 0.128. The molecule has 8 nitrogen and oxygen atoms in total. The lowest BCUT2D eigenvalue weighted by Gasteiger charge is -2.20. The van der Waals surface area contributed by atoms with Gasteiger partial charge < -0.3 is 9.64 Å². The molecule has 0 aliphatic heterocycles. The highest BCUT2D eigenvalue weighted by Crippen LogP contribution is 2.24. The number of carbonyl (C=O) groups is 2. The predicted molar refractivity (Wildman–Crippen MR) is 90.7 cm³/mol. The van der Waals surface area contributed by atoms with Crippen LogP contribution in [0.1, 0.15) is 20.8 Å². The summed E-state index contributed by atoms with van der Waals surface area (Å²) >= 11 is 5.94. The average molecular weight is 384 g/mol. The Labute approximate surface area is 149 Å². The number of nitrogens with zero attached hydrogens (tertiary/aromatic N) is 3. The van der Waals surface area contributed by atoms with Crippen LogP contribution in [0.4, 0.5) is 5.69 Å². The molecular weight excluding hydrogens is 370 g/mol. The fourth-order valence-corrected chi connectivity index (χ4v) is 2.67. The maximum atomic E-state index is 12.7. The van der Waals surface area contributed by atoms with E-state index in [1.807, 2.05) is 0 Å². The first-order valence-electron chi connectivity index (χ1n) is 6.84. The highest BCUT2D eigenvalue weighted by molar-refractivity contribution is 7.90. The van der Waals surface area contributed by atoms with Gasteiger partial charge in [0.05, 0.1) is 29.6 Å². The van der Waals surface area contributed by atoms with E-state index in [1.54, 1.807) is 12.1 Å². The van der Waals surface area contributed by atoms with E-state index < -0.39 is 26.9 Å². The third-order valence-electron chi connectivity index (χ3n) is 3.23. The number of hydrogen-bond acceptors (Lipinski definition) is 7. The number of hydrogen-bond donors (Lipinski definition) is 0. The summed E-state index contributed by atoms with van der Waals surface area (Å²) in [6.07, 6.45) is 1.96. The summed E-state index contributed by atoms with van der Waals surface area (Å²) in [7, 11) is -1.09. The van der Waals surface area contributed by atoms with Crippen LogP contribution in [0.5, 0.6) is 0 Å². The lowest BCUT2D eigenvalue weighted by atomic mass is 10.1. The predicted octanol–water partition coefficient (Wildman–Crippen LogP) is 1.60. The van der Waals surface area contributed by atoms with Crippen LogP contribution >= 0.6 is 11.6 Å². The molecule has 0 unspecified atom stereocenters. The SMILES string of the molecule is COC(=O)c1ccccc1N(C)C(=O)c1nc(S(C)(=O)=O)ncc1Cl. The quantitative estimate of drug-likeness (QED) is 0.583. The van der Waals surface area contributed by atoms with Crippen molar-refractivity contribution < 1.29 is 22.7 Å². The normalized spacial score (nSPS) is 11.0. The van der Waals surface area contributed by atoms with E-state index in [-0.39, 0.29) is 22.0 Å². The van der Waals surface area contributed by atoms with Crippen molar-refractivity contribution in [2.24, 2.45) is 0 Å². The number of halogens is 1. The van der Waals surface area contributed by atoms with Crippen molar-refractivity contribution in [3.05, 3.63) is 46.7 Å². The third-order valence-corrected chi connectivity index (χ3v) is 4.37. The summed E-state index contributed by atoms with van der Waals surface area (Å²) in [4.78, 5) is 33.1. The Morgan fingerprint density at radius 1 is 1.24 bits per heavy atom. The van der Waals surface area contributed by atoms with E-state index >= 15 is 0 Å². The molecule has 0 aliphatic carbocycles. The zero-order valence-corrected chi connectivity index (χ0v) is 15.1. The number of esters is 1. The Hall–Kier alpha value is -2.52. The van der Waals surface area contributed by atoms with Crippen LogP contribution in [0, 0.1) is 0 Å². The molecule has 0 fully saturated rings. The Balaban J connectivity index is 2.51. The van der Waals surface area contributed by atoms with Crippen LogP contribution in [0.3, 0.4) is 0 Å². The minimum absolute atomic E-state index is 0.111. The molecule has 10 heteroatoms. The second-order valence-electron chi connectivity index (χ2n) is 4.99. The maximum Gasteiger partial charge on any atom is 0.339 e. The Bertz CT molecular complexity index is 946. The van der Waals surface area contributed by atoms with Gasteiger partial charge >= 0.3 is 5.97 Å². The van der Waals surface area contributed by atoms with E-state index in [1.165, 1.54) is 26.3 Å². The Kier molecular flexibility index (Phi) is 5.39. The molecule has 1 aromatic heterocycles. The van der Waals surface area contributed by atoms with Crippen LogP contribution < -0.4 is 4.90 Å². The molecule has 0 saturated carbocycles. The van der Waals surface area contributed by atoms with Crippen molar-refractivity contribution >= 4 is 39.0 Å². The van der Waals surface area contributed by atoms with Gasteiger partial charge in [-0.05, 0) is 12.1 Å². The summed E-state index contributed by atoms with van der Waals surface area (Å²) in [5, 5.41) is -0.630. The number of benzene rings is 1. The van der Waals surface area contributed by atoms with Gasteiger partial charge in [-0.2, -0.15) is 0 Å². The number of para-hydroxylation sites is 1. The monoisotopic (exact) mass is 383 g/mol. The zero-order valence-electron chi connectivity index (χ0n) is 13.6. The molecule has 0 saturated heterocycles. The second-order valence-corrected chi connectivity index (χ2v) is 7.31. The number of amides is 1. The van der Waals surface area contributed by atoms with Gasteiger partial charge in [-0.1, -0.05) is 23.7 Å². The van der Waals surface area contributed by atoms with E-state index in [9.17, 15) is 18.0 Å². The number of ether oxygens (including phenoxy) is 1. The molecule has 0 atom stereocenters. The molecule has 0 bridgehead atoms. The molecule has 0 aliphatic rings. The zero-order chi connectivity index (χ0) is 18.8. The number of carbonyl (C=O) groups excluding carboxylic acids is 2. The number of anilines is 1. The molecule has 1 amide bonds. The topological polar surface area (TPSA) is 107 Å². The summed E-state index contributed by atoms with van der Waals surface area (Å²) < 4.78 is 27.9. The standard InChI is InChI=1S/C15H14ClN3O5S/c1-19(11-7-5-4-6-9(11)14(21)24-2)13(20)12-10(16)8-17-15(18-12)25(3,22)23/h4-8H,1-3H3. The number of aromatic nitrogens is 2. The molecule has 25 heavy (non-hydrogen) atoms. The van der Waals surface area contributed by atoms with Crippen molar-refractivity contribution in [1.29, 1.82) is 0 Å². The highest BCUT2D eigenvalue weighted by Gasteiger charge is 2.25. The van der Waals surface area contributed by atoms with Gasteiger partial charge in [0, 0.05) is 13.3 Å². The lowest BCUT2D eigenvalue weighted by molar-refractivity contribution is 0.0601. The third kappa shape index (κ3) is 3.94. The molecule has 1 aromatic carbocycles. The molecule has 0 spiro atoms. The van der Waals surface area contributed by atoms with Crippen LogP contribution in [-0.2, 0) is 14.6 Å². The van der Waals surface area contributed by atoms with Crippen LogP contribution in [-0.4, -0.2) is 50.7 Å². The maximum absolute atomic E-state index is 12.7. The molecule has 0 N–H and O–H groups in total. The van der Waals surface area contributed by atoms with Gasteiger partial charge in [-0.3, -0.25) is 4.79 Å². The van der Waals surface area contributed by atoms with Crippen molar-refractivity contribution in [3.63, 3.8) is 0 Å². The number of rotatable bonds is 4. The minimum Gasteiger partial charge on any atom is -0.465 e. The largest absolute Gasteiger partial charge is 0.465 e. The first-order valence-corrected chi connectivity index (χ1v) is 9.11. The molecule has 1 heterocycles. The lowest BCUT2D eigenvalue weighted by Crippen LogP contribution is -2.29. The molecule has 0 radical (unpaired) electrons. The van der Waals surface area contributed by atoms with Crippen LogP contribution in [0.15, 0.2) is 35.6 Å². The molecular formula is C15H14ClN3O5S. The van der Waals surface area contributed by atoms with Crippen LogP contribution in [0.25, 0.3) is 0 Å². The number of methoxy groups -OCH3 is 1. The van der Waals surface area contributed by atoms with Gasteiger partial charge in [0.25, 0.3) is 5.91 Å². The van der Waals surface area contributed by atoms with Crippen molar-refractivity contribution in [1.82, 2.24) is 9.97 Å². The summed E-state index contributed by atoms with van der Waals surface area (Å²) in [6.45, 7) is 0. The van der Waals surface area contributed by atoms with E-state index in [0.29, 0.717) is 0 Å². The highest BCUT2D eigenvalue weighted by atomic mass is 35.5. The van der Waals surface area contributed by atoms with Gasteiger partial charge in [-0.25, -0.2) is 23.2 Å². The van der Waals surface area contributed by atoms with E-state index in [2.05, 4.69) is 9.97 Å². The Morgan fingerprint density at radius 2 is 1.88 bits per heavy atom. The molecule has 2 rings (SSSR count). The molecule has 2 aromatic rings. The summed E-state index contributed by atoms with van der Waals surface area (Å²) in [5.74, 6) is -1.32. The fraction of sp³-hybridized carbons (Fsp3) is 0.200. The molecule has 132 valence electrons. The van der Waals surface area contributed by atoms with Crippen molar-refractivity contribution in [2.45, 2.75) is 5.16 Å². The van der Waals surface area contributed by atoms with Crippen LogP contribution in [0.2, 0.25) is 5.02 Å². The first-order chi connectivity index (χ1) is 11.7. The van der Waals surface area contributed by atoms with E-state index in [0.717, 1.165) is 17.4 Å². The number of sulfone groups is 1.